The summed E-state index contributed by atoms with van der Waals surface area (Å²) in [7, 11) is 1.81. The summed E-state index contributed by atoms with van der Waals surface area (Å²) in [5.74, 6) is 0. The normalized spacial score (nSPS) is 26.8. The van der Waals surface area contributed by atoms with Crippen LogP contribution in [-0.2, 0) is 4.74 Å². The molecular formula is C11H23ClN2O. The highest BCUT2D eigenvalue weighted by Crippen LogP contribution is 2.31. The van der Waals surface area contributed by atoms with E-state index in [1.165, 1.54) is 39.0 Å². The van der Waals surface area contributed by atoms with Gasteiger partial charge in [-0.1, -0.05) is 6.92 Å². The van der Waals surface area contributed by atoms with Crippen molar-refractivity contribution in [1.29, 1.82) is 0 Å². The van der Waals surface area contributed by atoms with E-state index in [0.717, 1.165) is 12.6 Å². The van der Waals surface area contributed by atoms with Crippen molar-refractivity contribution in [2.24, 2.45) is 5.41 Å². The summed E-state index contributed by atoms with van der Waals surface area (Å²) in [6, 6.07) is 0.821. The number of hydrogen-bond acceptors (Lipinski definition) is 3. The number of rotatable bonds is 3. The molecule has 0 unspecified atom stereocenters. The van der Waals surface area contributed by atoms with Crippen LogP contribution in [0.15, 0.2) is 0 Å². The molecule has 2 aliphatic heterocycles. The van der Waals surface area contributed by atoms with E-state index in [1.54, 1.807) is 0 Å². The number of methoxy groups -OCH3 is 1. The molecule has 0 aromatic rings. The van der Waals surface area contributed by atoms with Gasteiger partial charge in [-0.25, -0.2) is 0 Å². The van der Waals surface area contributed by atoms with Gasteiger partial charge in [0.25, 0.3) is 0 Å². The number of piperidine rings is 1. The van der Waals surface area contributed by atoms with Crippen LogP contribution in [0.4, 0.5) is 0 Å². The summed E-state index contributed by atoms with van der Waals surface area (Å²) >= 11 is 0. The van der Waals surface area contributed by atoms with E-state index in [9.17, 15) is 0 Å². The first kappa shape index (κ1) is 13.2. The predicted molar refractivity (Wildman–Crippen MR) is 64.7 cm³/mol. The Morgan fingerprint density at radius 2 is 1.93 bits per heavy atom. The van der Waals surface area contributed by atoms with Crippen molar-refractivity contribution < 1.29 is 4.74 Å². The van der Waals surface area contributed by atoms with Crippen LogP contribution >= 0.6 is 12.4 Å². The first-order valence-corrected chi connectivity index (χ1v) is 5.67. The molecule has 0 aromatic heterocycles. The molecule has 0 atom stereocenters. The molecule has 90 valence electrons. The van der Waals surface area contributed by atoms with Crippen molar-refractivity contribution in [3.05, 3.63) is 0 Å². The van der Waals surface area contributed by atoms with E-state index >= 15 is 0 Å². The van der Waals surface area contributed by atoms with Crippen LogP contribution in [0.25, 0.3) is 0 Å². The third-order valence-corrected chi connectivity index (χ3v) is 3.77. The molecule has 0 amide bonds. The van der Waals surface area contributed by atoms with Crippen LogP contribution in [0.3, 0.4) is 0 Å². The Hall–Kier alpha value is 0.170. The fourth-order valence-electron chi connectivity index (χ4n) is 2.45. The Balaban J connectivity index is 0.00000112. The van der Waals surface area contributed by atoms with Gasteiger partial charge < -0.3 is 10.1 Å². The van der Waals surface area contributed by atoms with Gasteiger partial charge in [-0.15, -0.1) is 12.4 Å². The largest absolute Gasteiger partial charge is 0.384 e. The standard InChI is InChI=1S/C11H22N2O.ClH/c1-11(9-14-2)3-5-13(6-4-11)10-7-12-8-10;/h10,12H,3-9H2,1-2H3;1H. The molecule has 1 N–H and O–H groups in total. The lowest BCUT2D eigenvalue weighted by Crippen LogP contribution is -2.59. The van der Waals surface area contributed by atoms with E-state index in [1.807, 2.05) is 7.11 Å². The maximum Gasteiger partial charge on any atom is 0.0516 e. The zero-order valence-corrected chi connectivity index (χ0v) is 10.6. The zero-order valence-electron chi connectivity index (χ0n) is 9.79. The number of halogens is 1. The third-order valence-electron chi connectivity index (χ3n) is 3.77. The number of ether oxygens (including phenoxy) is 1. The number of nitrogens with one attached hydrogen (secondary N) is 1. The number of nitrogens with zero attached hydrogens (tertiary/aromatic N) is 1. The Labute approximate surface area is 99.0 Å². The molecule has 2 fully saturated rings. The first-order chi connectivity index (χ1) is 6.73. The van der Waals surface area contributed by atoms with Gasteiger partial charge in [0.1, 0.15) is 0 Å². The molecule has 2 heterocycles. The Morgan fingerprint density at radius 1 is 1.33 bits per heavy atom. The summed E-state index contributed by atoms with van der Waals surface area (Å²) in [4.78, 5) is 2.63. The molecule has 3 nitrogen and oxygen atoms in total. The summed E-state index contributed by atoms with van der Waals surface area (Å²) in [5, 5.41) is 3.34. The van der Waals surface area contributed by atoms with E-state index < -0.39 is 0 Å². The smallest absolute Gasteiger partial charge is 0.0516 e. The minimum absolute atomic E-state index is 0. The summed E-state index contributed by atoms with van der Waals surface area (Å²) in [6.07, 6.45) is 2.58. The molecule has 2 aliphatic rings. The van der Waals surface area contributed by atoms with Crippen molar-refractivity contribution in [2.45, 2.75) is 25.8 Å². The summed E-state index contributed by atoms with van der Waals surface area (Å²) < 4.78 is 5.29. The second kappa shape index (κ2) is 5.48. The minimum Gasteiger partial charge on any atom is -0.384 e. The highest BCUT2D eigenvalue weighted by Gasteiger charge is 2.34. The third kappa shape index (κ3) is 3.06. The molecule has 0 radical (unpaired) electrons. The van der Waals surface area contributed by atoms with Crippen molar-refractivity contribution in [3.8, 4) is 0 Å². The quantitative estimate of drug-likeness (QED) is 0.793. The SMILES string of the molecule is COCC1(C)CCN(C2CNC2)CC1.Cl. The monoisotopic (exact) mass is 234 g/mol. The maximum absolute atomic E-state index is 5.29. The fourth-order valence-corrected chi connectivity index (χ4v) is 2.45. The molecule has 0 aliphatic carbocycles. The average molecular weight is 235 g/mol. The Bertz CT molecular complexity index is 189. The summed E-state index contributed by atoms with van der Waals surface area (Å²) in [6.45, 7) is 8.18. The summed E-state index contributed by atoms with van der Waals surface area (Å²) in [5.41, 5.74) is 0.433. The van der Waals surface area contributed by atoms with Crippen LogP contribution in [0, 0.1) is 5.41 Å². The highest BCUT2D eigenvalue weighted by atomic mass is 35.5. The second-order valence-corrected chi connectivity index (χ2v) is 5.09. The molecule has 15 heavy (non-hydrogen) atoms. The Kier molecular flexibility index (Phi) is 4.84. The molecule has 2 saturated heterocycles. The highest BCUT2D eigenvalue weighted by molar-refractivity contribution is 5.85. The minimum atomic E-state index is 0. The predicted octanol–water partition coefficient (Wildman–Crippen LogP) is 1.13. The van der Waals surface area contributed by atoms with E-state index in [-0.39, 0.29) is 12.4 Å². The van der Waals surface area contributed by atoms with Gasteiger partial charge in [0.2, 0.25) is 0 Å². The molecule has 2 rings (SSSR count). The van der Waals surface area contributed by atoms with Crippen LogP contribution in [0.1, 0.15) is 19.8 Å². The second-order valence-electron chi connectivity index (χ2n) is 5.09. The maximum atomic E-state index is 5.29. The lowest BCUT2D eigenvalue weighted by Gasteiger charge is -2.45. The molecule has 0 saturated carbocycles. The number of hydrogen-bond donors (Lipinski definition) is 1. The van der Waals surface area contributed by atoms with Crippen LogP contribution in [0.5, 0.6) is 0 Å². The lowest BCUT2D eigenvalue weighted by molar-refractivity contribution is 0.0122. The molecule has 0 aromatic carbocycles. The van der Waals surface area contributed by atoms with E-state index in [4.69, 9.17) is 4.74 Å². The van der Waals surface area contributed by atoms with Crippen molar-refractivity contribution in [2.75, 3.05) is 39.9 Å². The topological polar surface area (TPSA) is 24.5 Å². The van der Waals surface area contributed by atoms with Crippen LogP contribution < -0.4 is 5.32 Å². The van der Waals surface area contributed by atoms with Gasteiger partial charge in [0.15, 0.2) is 0 Å². The Morgan fingerprint density at radius 3 is 2.33 bits per heavy atom. The van der Waals surface area contributed by atoms with Crippen LogP contribution in [0.2, 0.25) is 0 Å². The molecule has 4 heteroatoms. The lowest BCUT2D eigenvalue weighted by atomic mass is 9.80. The van der Waals surface area contributed by atoms with Gasteiger partial charge in [-0.2, -0.15) is 0 Å². The first-order valence-electron chi connectivity index (χ1n) is 5.67. The van der Waals surface area contributed by atoms with Gasteiger partial charge in [-0.05, 0) is 31.3 Å². The molecular weight excluding hydrogens is 212 g/mol. The van der Waals surface area contributed by atoms with Crippen molar-refractivity contribution >= 4 is 12.4 Å². The zero-order chi connectivity index (χ0) is 10.0. The van der Waals surface area contributed by atoms with Gasteiger partial charge in [0.05, 0.1) is 6.61 Å². The van der Waals surface area contributed by atoms with Gasteiger partial charge in [0, 0.05) is 26.2 Å². The van der Waals surface area contributed by atoms with E-state index in [2.05, 4.69) is 17.1 Å². The van der Waals surface area contributed by atoms with Gasteiger partial charge in [-0.3, -0.25) is 4.90 Å². The van der Waals surface area contributed by atoms with Crippen molar-refractivity contribution in [3.63, 3.8) is 0 Å². The van der Waals surface area contributed by atoms with Crippen molar-refractivity contribution in [1.82, 2.24) is 10.2 Å². The molecule has 0 bridgehead atoms. The van der Waals surface area contributed by atoms with E-state index in [0.29, 0.717) is 5.41 Å². The fraction of sp³-hybridized carbons (Fsp3) is 1.00. The van der Waals surface area contributed by atoms with Gasteiger partial charge >= 0.3 is 0 Å². The van der Waals surface area contributed by atoms with Crippen LogP contribution in [-0.4, -0.2) is 50.8 Å². The molecule has 0 spiro atoms. The average Bonchev–Trinajstić information content (AvgIpc) is 2.06. The number of likely N-dealkylation sites (tertiary alicyclic amines) is 1.